The lowest BCUT2D eigenvalue weighted by molar-refractivity contribution is 0.603. The van der Waals surface area contributed by atoms with Crippen LogP contribution >= 0.6 is 11.8 Å². The molecule has 0 saturated heterocycles. The minimum absolute atomic E-state index is 0.218. The lowest BCUT2D eigenvalue weighted by Gasteiger charge is -2.06. The Kier molecular flexibility index (Phi) is 4.83. The highest BCUT2D eigenvalue weighted by molar-refractivity contribution is 8.00. The zero-order valence-corrected chi connectivity index (χ0v) is 11.2. The van der Waals surface area contributed by atoms with Gasteiger partial charge in [-0.2, -0.15) is 0 Å². The molecular weight excluding hydrogens is 242 g/mol. The highest BCUT2D eigenvalue weighted by atomic mass is 32.2. The van der Waals surface area contributed by atoms with Gasteiger partial charge in [-0.15, -0.1) is 11.8 Å². The quantitative estimate of drug-likeness (QED) is 0.816. The van der Waals surface area contributed by atoms with Crippen molar-refractivity contribution in [3.63, 3.8) is 0 Å². The van der Waals surface area contributed by atoms with Crippen LogP contribution in [0.2, 0.25) is 0 Å². The van der Waals surface area contributed by atoms with Crippen molar-refractivity contribution < 1.29 is 8.42 Å². The van der Waals surface area contributed by atoms with E-state index in [0.717, 1.165) is 16.0 Å². The molecule has 0 spiro atoms. The van der Waals surface area contributed by atoms with Gasteiger partial charge in [0, 0.05) is 23.4 Å². The van der Waals surface area contributed by atoms with E-state index in [0.29, 0.717) is 12.3 Å². The zero-order chi connectivity index (χ0) is 12.2. The van der Waals surface area contributed by atoms with Gasteiger partial charge in [-0.25, -0.2) is 8.42 Å². The first kappa shape index (κ1) is 13.5. The number of nitrogens with two attached hydrogens (primary N) is 1. The monoisotopic (exact) mass is 259 g/mol. The average Bonchev–Trinajstić information content (AvgIpc) is 2.18. The molecule has 0 aliphatic heterocycles. The lowest BCUT2D eigenvalue weighted by Crippen LogP contribution is -2.05. The summed E-state index contributed by atoms with van der Waals surface area (Å²) in [7, 11) is -2.86. The molecule has 1 rings (SSSR count). The summed E-state index contributed by atoms with van der Waals surface area (Å²) in [6.07, 6.45) is 1.26. The summed E-state index contributed by atoms with van der Waals surface area (Å²) in [5, 5.41) is 0. The van der Waals surface area contributed by atoms with Crippen LogP contribution in [0.5, 0.6) is 0 Å². The van der Waals surface area contributed by atoms with Gasteiger partial charge in [-0.05, 0) is 24.1 Å². The van der Waals surface area contributed by atoms with Crippen LogP contribution in [0.1, 0.15) is 11.1 Å². The van der Waals surface area contributed by atoms with Gasteiger partial charge in [-0.3, -0.25) is 0 Å². The maximum absolute atomic E-state index is 11.0. The summed E-state index contributed by atoms with van der Waals surface area (Å²) in [5.41, 5.74) is 7.80. The van der Waals surface area contributed by atoms with E-state index in [1.807, 2.05) is 25.1 Å². The maximum Gasteiger partial charge on any atom is 0.148 e. The molecule has 3 nitrogen and oxygen atoms in total. The molecule has 0 bridgehead atoms. The molecule has 16 heavy (non-hydrogen) atoms. The predicted octanol–water partition coefficient (Wildman–Crippen LogP) is 1.59. The van der Waals surface area contributed by atoms with Crippen molar-refractivity contribution in [3.8, 4) is 0 Å². The molecule has 2 N–H and O–H groups in total. The number of hydrogen-bond acceptors (Lipinski definition) is 4. The average molecular weight is 259 g/mol. The number of hydrogen-bond donors (Lipinski definition) is 1. The van der Waals surface area contributed by atoms with Gasteiger partial charge in [0.05, 0.1) is 5.75 Å². The Morgan fingerprint density at radius 1 is 1.38 bits per heavy atom. The molecule has 0 radical (unpaired) electrons. The minimum atomic E-state index is -2.86. The number of aryl methyl sites for hydroxylation is 1. The highest BCUT2D eigenvalue weighted by Gasteiger charge is 2.04. The first-order valence-electron chi connectivity index (χ1n) is 5.02. The van der Waals surface area contributed by atoms with Crippen LogP contribution in [-0.4, -0.2) is 26.2 Å². The molecule has 5 heteroatoms. The van der Waals surface area contributed by atoms with Gasteiger partial charge in [0.2, 0.25) is 0 Å². The molecular formula is C11H17NO2S2. The van der Waals surface area contributed by atoms with E-state index >= 15 is 0 Å². The van der Waals surface area contributed by atoms with Gasteiger partial charge in [0.1, 0.15) is 9.84 Å². The van der Waals surface area contributed by atoms with Crippen molar-refractivity contribution in [2.75, 3.05) is 17.8 Å². The van der Waals surface area contributed by atoms with Gasteiger partial charge >= 0.3 is 0 Å². The summed E-state index contributed by atoms with van der Waals surface area (Å²) in [6, 6.07) is 6.03. The van der Waals surface area contributed by atoms with E-state index in [9.17, 15) is 8.42 Å². The van der Waals surface area contributed by atoms with Gasteiger partial charge in [0.25, 0.3) is 0 Å². The van der Waals surface area contributed by atoms with Crippen molar-refractivity contribution in [1.29, 1.82) is 0 Å². The summed E-state index contributed by atoms with van der Waals surface area (Å²) < 4.78 is 22.0. The maximum atomic E-state index is 11.0. The van der Waals surface area contributed by atoms with E-state index in [4.69, 9.17) is 5.73 Å². The van der Waals surface area contributed by atoms with Crippen LogP contribution in [0.4, 0.5) is 0 Å². The van der Waals surface area contributed by atoms with Crippen molar-refractivity contribution in [2.24, 2.45) is 5.73 Å². The van der Waals surface area contributed by atoms with E-state index in [2.05, 4.69) is 0 Å². The first-order chi connectivity index (χ1) is 7.42. The van der Waals surface area contributed by atoms with Gasteiger partial charge < -0.3 is 5.73 Å². The van der Waals surface area contributed by atoms with E-state index in [1.165, 1.54) is 6.26 Å². The molecule has 0 unspecified atom stereocenters. The van der Waals surface area contributed by atoms with E-state index < -0.39 is 9.84 Å². The minimum Gasteiger partial charge on any atom is -0.326 e. The summed E-state index contributed by atoms with van der Waals surface area (Å²) in [4.78, 5) is 1.13. The third-order valence-corrected chi connectivity index (χ3v) is 4.57. The summed E-state index contributed by atoms with van der Waals surface area (Å²) in [6.45, 7) is 2.55. The smallest absolute Gasteiger partial charge is 0.148 e. The molecule has 0 fully saturated rings. The van der Waals surface area contributed by atoms with Gasteiger partial charge in [0.15, 0.2) is 0 Å². The van der Waals surface area contributed by atoms with Crippen LogP contribution in [0.25, 0.3) is 0 Å². The molecule has 0 aliphatic rings. The topological polar surface area (TPSA) is 60.2 Å². The lowest BCUT2D eigenvalue weighted by atomic mass is 10.1. The van der Waals surface area contributed by atoms with E-state index in [-0.39, 0.29) is 5.75 Å². The standard InChI is InChI=1S/C11H17NO2S2/c1-9-7-10(8-12)3-4-11(9)15-5-6-16(2,13)14/h3-4,7H,5-6,8,12H2,1-2H3. The van der Waals surface area contributed by atoms with E-state index in [1.54, 1.807) is 11.8 Å². The van der Waals surface area contributed by atoms with Gasteiger partial charge in [-0.1, -0.05) is 12.1 Å². The Balaban J connectivity index is 2.61. The molecule has 1 aromatic carbocycles. The molecule has 0 saturated carbocycles. The number of sulfone groups is 1. The molecule has 0 aromatic heterocycles. The third kappa shape index (κ3) is 4.55. The Labute approximate surface area is 101 Å². The summed E-state index contributed by atoms with van der Waals surface area (Å²) in [5.74, 6) is 0.817. The van der Waals surface area contributed by atoms with Crippen LogP contribution in [-0.2, 0) is 16.4 Å². The molecule has 0 amide bonds. The number of rotatable bonds is 5. The van der Waals surface area contributed by atoms with Crippen molar-refractivity contribution in [2.45, 2.75) is 18.4 Å². The van der Waals surface area contributed by atoms with Crippen molar-refractivity contribution >= 4 is 21.6 Å². The Bertz CT molecular complexity index is 455. The predicted molar refractivity (Wildman–Crippen MR) is 69.5 cm³/mol. The number of thioether (sulfide) groups is 1. The second-order valence-corrected chi connectivity index (χ2v) is 7.18. The third-order valence-electron chi connectivity index (χ3n) is 2.19. The fourth-order valence-electron chi connectivity index (χ4n) is 1.30. The Morgan fingerprint density at radius 3 is 2.56 bits per heavy atom. The molecule has 90 valence electrons. The largest absolute Gasteiger partial charge is 0.326 e. The SMILES string of the molecule is Cc1cc(CN)ccc1SCCS(C)(=O)=O. The van der Waals surface area contributed by atoms with Crippen molar-refractivity contribution in [3.05, 3.63) is 29.3 Å². The van der Waals surface area contributed by atoms with Crippen LogP contribution < -0.4 is 5.73 Å². The normalized spacial score (nSPS) is 11.7. The van der Waals surface area contributed by atoms with Crippen LogP contribution in [0.15, 0.2) is 23.1 Å². The first-order valence-corrected chi connectivity index (χ1v) is 8.07. The van der Waals surface area contributed by atoms with Crippen LogP contribution in [0, 0.1) is 6.92 Å². The van der Waals surface area contributed by atoms with Crippen molar-refractivity contribution in [1.82, 2.24) is 0 Å². The molecule has 0 atom stereocenters. The molecule has 0 heterocycles. The fraction of sp³-hybridized carbons (Fsp3) is 0.455. The second-order valence-electron chi connectivity index (χ2n) is 3.78. The highest BCUT2D eigenvalue weighted by Crippen LogP contribution is 2.23. The fourth-order valence-corrected chi connectivity index (χ4v) is 3.52. The summed E-state index contributed by atoms with van der Waals surface area (Å²) >= 11 is 1.57. The second kappa shape index (κ2) is 5.70. The zero-order valence-electron chi connectivity index (χ0n) is 9.56. The Morgan fingerprint density at radius 2 is 2.06 bits per heavy atom. The van der Waals surface area contributed by atoms with Crippen LogP contribution in [0.3, 0.4) is 0 Å². The molecule has 0 aliphatic carbocycles. The Hall–Kier alpha value is -0.520. The number of benzene rings is 1. The molecule has 1 aromatic rings.